The maximum atomic E-state index is 5.43. The minimum Gasteiger partial charge on any atom is -0.381 e. The highest BCUT2D eigenvalue weighted by Gasteiger charge is 2.26. The fourth-order valence-electron chi connectivity index (χ4n) is 2.74. The highest BCUT2D eigenvalue weighted by Crippen LogP contribution is 2.23. The third-order valence-corrected chi connectivity index (χ3v) is 4.71. The molecule has 2 aliphatic heterocycles. The minimum absolute atomic E-state index is 0.733. The Morgan fingerprint density at radius 1 is 1.11 bits per heavy atom. The van der Waals surface area contributed by atoms with E-state index >= 15 is 0 Å². The lowest BCUT2D eigenvalue weighted by Crippen LogP contribution is -2.51. The zero-order valence-corrected chi connectivity index (χ0v) is 11.7. The molecule has 2 fully saturated rings. The lowest BCUT2D eigenvalue weighted by atomic mass is 10.1. The van der Waals surface area contributed by atoms with Gasteiger partial charge in [0.05, 0.1) is 0 Å². The van der Waals surface area contributed by atoms with E-state index in [1.54, 1.807) is 11.3 Å². The number of piperazine rings is 1. The van der Waals surface area contributed by atoms with E-state index in [1.165, 1.54) is 12.8 Å². The maximum Gasteiger partial charge on any atom is 0.208 e. The zero-order chi connectivity index (χ0) is 12.4. The average Bonchev–Trinajstić information content (AvgIpc) is 2.87. The molecule has 100 valence electrons. The highest BCUT2D eigenvalue weighted by molar-refractivity contribution is 7.15. The maximum absolute atomic E-state index is 5.43. The van der Waals surface area contributed by atoms with Crippen LogP contribution in [0.2, 0.25) is 0 Å². The van der Waals surface area contributed by atoms with Crippen LogP contribution in [0.3, 0.4) is 0 Å². The van der Waals surface area contributed by atoms with Gasteiger partial charge in [0.1, 0.15) is 5.01 Å². The molecule has 0 aromatic carbocycles. The molecule has 18 heavy (non-hydrogen) atoms. The summed E-state index contributed by atoms with van der Waals surface area (Å²) in [4.78, 5) is 4.98. The number of anilines is 1. The van der Waals surface area contributed by atoms with Crippen molar-refractivity contribution < 1.29 is 4.74 Å². The molecular weight excluding hydrogens is 248 g/mol. The van der Waals surface area contributed by atoms with E-state index < -0.39 is 0 Å². The molecule has 3 rings (SSSR count). The van der Waals surface area contributed by atoms with Gasteiger partial charge in [0.25, 0.3) is 0 Å². The number of hydrogen-bond acceptors (Lipinski definition) is 6. The number of hydrogen-bond donors (Lipinski definition) is 0. The molecular formula is C12H20N4OS. The van der Waals surface area contributed by atoms with Crippen LogP contribution < -0.4 is 4.90 Å². The molecule has 0 spiro atoms. The third kappa shape index (κ3) is 2.65. The summed E-state index contributed by atoms with van der Waals surface area (Å²) < 4.78 is 5.43. The second kappa shape index (κ2) is 5.50. The monoisotopic (exact) mass is 268 g/mol. The van der Waals surface area contributed by atoms with Crippen molar-refractivity contribution >= 4 is 16.5 Å². The number of aryl methyl sites for hydroxylation is 1. The SMILES string of the molecule is Cc1nnc(N2CCN(C3CCOCC3)CC2)s1. The van der Waals surface area contributed by atoms with Gasteiger partial charge < -0.3 is 9.64 Å². The van der Waals surface area contributed by atoms with E-state index in [2.05, 4.69) is 20.0 Å². The van der Waals surface area contributed by atoms with Crippen LogP contribution in [0.5, 0.6) is 0 Å². The summed E-state index contributed by atoms with van der Waals surface area (Å²) in [7, 11) is 0. The zero-order valence-electron chi connectivity index (χ0n) is 10.8. The van der Waals surface area contributed by atoms with Crippen LogP contribution in [0.15, 0.2) is 0 Å². The first-order valence-electron chi connectivity index (χ1n) is 6.70. The van der Waals surface area contributed by atoms with Gasteiger partial charge in [-0.2, -0.15) is 0 Å². The molecule has 6 heteroatoms. The Bertz CT molecular complexity index is 383. The Labute approximate surface area is 112 Å². The van der Waals surface area contributed by atoms with Crippen molar-refractivity contribution in [1.82, 2.24) is 15.1 Å². The van der Waals surface area contributed by atoms with Gasteiger partial charge in [0, 0.05) is 45.4 Å². The Balaban J connectivity index is 1.54. The normalized spacial score (nSPS) is 23.5. The quantitative estimate of drug-likeness (QED) is 0.805. The minimum atomic E-state index is 0.733. The molecule has 0 N–H and O–H groups in total. The van der Waals surface area contributed by atoms with Crippen molar-refractivity contribution in [2.75, 3.05) is 44.3 Å². The van der Waals surface area contributed by atoms with Crippen LogP contribution in [0.4, 0.5) is 5.13 Å². The van der Waals surface area contributed by atoms with E-state index in [-0.39, 0.29) is 0 Å². The number of aromatic nitrogens is 2. The predicted octanol–water partition coefficient (Wildman–Crippen LogP) is 1.15. The van der Waals surface area contributed by atoms with Crippen molar-refractivity contribution in [2.24, 2.45) is 0 Å². The standard InChI is InChI=1S/C12H20N4OS/c1-10-13-14-12(18-10)16-6-4-15(5-7-16)11-2-8-17-9-3-11/h11H,2-9H2,1H3. The van der Waals surface area contributed by atoms with Gasteiger partial charge in [-0.15, -0.1) is 10.2 Å². The molecule has 2 aliphatic rings. The average molecular weight is 268 g/mol. The second-order valence-electron chi connectivity index (χ2n) is 4.97. The molecule has 0 saturated carbocycles. The largest absolute Gasteiger partial charge is 0.381 e. The summed E-state index contributed by atoms with van der Waals surface area (Å²) in [6.45, 7) is 8.31. The Hall–Kier alpha value is -0.720. The second-order valence-corrected chi connectivity index (χ2v) is 6.13. The third-order valence-electron chi connectivity index (χ3n) is 3.81. The van der Waals surface area contributed by atoms with Gasteiger partial charge >= 0.3 is 0 Å². The Morgan fingerprint density at radius 2 is 1.83 bits per heavy atom. The molecule has 0 atom stereocenters. The van der Waals surface area contributed by atoms with Crippen molar-refractivity contribution in [2.45, 2.75) is 25.8 Å². The van der Waals surface area contributed by atoms with Crippen LogP contribution in [0.25, 0.3) is 0 Å². The molecule has 0 bridgehead atoms. The first kappa shape index (κ1) is 12.3. The van der Waals surface area contributed by atoms with Gasteiger partial charge in [-0.05, 0) is 19.8 Å². The summed E-state index contributed by atoms with van der Waals surface area (Å²) in [5.41, 5.74) is 0. The van der Waals surface area contributed by atoms with E-state index in [4.69, 9.17) is 4.74 Å². The first-order chi connectivity index (χ1) is 8.83. The van der Waals surface area contributed by atoms with E-state index in [0.29, 0.717) is 0 Å². The van der Waals surface area contributed by atoms with Crippen molar-refractivity contribution in [1.29, 1.82) is 0 Å². The van der Waals surface area contributed by atoms with Gasteiger partial charge in [-0.25, -0.2) is 0 Å². The molecule has 0 amide bonds. The smallest absolute Gasteiger partial charge is 0.208 e. The van der Waals surface area contributed by atoms with Crippen LogP contribution >= 0.6 is 11.3 Å². The highest BCUT2D eigenvalue weighted by atomic mass is 32.1. The number of nitrogens with zero attached hydrogens (tertiary/aromatic N) is 4. The van der Waals surface area contributed by atoms with Crippen molar-refractivity contribution in [3.05, 3.63) is 5.01 Å². The number of rotatable bonds is 2. The van der Waals surface area contributed by atoms with E-state index in [0.717, 1.165) is 55.6 Å². The molecule has 0 radical (unpaired) electrons. The van der Waals surface area contributed by atoms with Gasteiger partial charge in [0.2, 0.25) is 5.13 Å². The molecule has 1 aromatic heterocycles. The van der Waals surface area contributed by atoms with Gasteiger partial charge in [-0.1, -0.05) is 11.3 Å². The van der Waals surface area contributed by atoms with Crippen LogP contribution in [-0.2, 0) is 4.74 Å². The summed E-state index contributed by atoms with van der Waals surface area (Å²) in [5, 5.41) is 10.5. The summed E-state index contributed by atoms with van der Waals surface area (Å²) in [6.07, 6.45) is 2.38. The molecule has 5 nitrogen and oxygen atoms in total. The fraction of sp³-hybridized carbons (Fsp3) is 0.833. The lowest BCUT2D eigenvalue weighted by molar-refractivity contribution is 0.0321. The molecule has 0 aliphatic carbocycles. The van der Waals surface area contributed by atoms with Gasteiger partial charge in [0.15, 0.2) is 0 Å². The summed E-state index contributed by atoms with van der Waals surface area (Å²) in [5.74, 6) is 0. The van der Waals surface area contributed by atoms with Crippen molar-refractivity contribution in [3.8, 4) is 0 Å². The molecule has 2 saturated heterocycles. The molecule has 1 aromatic rings. The molecule has 3 heterocycles. The van der Waals surface area contributed by atoms with E-state index in [9.17, 15) is 0 Å². The van der Waals surface area contributed by atoms with Crippen LogP contribution in [0, 0.1) is 6.92 Å². The Morgan fingerprint density at radius 3 is 2.44 bits per heavy atom. The molecule has 0 unspecified atom stereocenters. The number of ether oxygens (including phenoxy) is 1. The van der Waals surface area contributed by atoms with Crippen LogP contribution in [-0.4, -0.2) is 60.5 Å². The van der Waals surface area contributed by atoms with E-state index in [1.807, 2.05) is 6.92 Å². The topological polar surface area (TPSA) is 41.5 Å². The predicted molar refractivity (Wildman–Crippen MR) is 72.3 cm³/mol. The first-order valence-corrected chi connectivity index (χ1v) is 7.51. The van der Waals surface area contributed by atoms with Gasteiger partial charge in [-0.3, -0.25) is 4.90 Å². The van der Waals surface area contributed by atoms with Crippen molar-refractivity contribution in [3.63, 3.8) is 0 Å². The summed E-state index contributed by atoms with van der Waals surface area (Å²) >= 11 is 1.70. The Kier molecular flexibility index (Phi) is 3.77. The summed E-state index contributed by atoms with van der Waals surface area (Å²) in [6, 6.07) is 0.733. The fourth-order valence-corrected chi connectivity index (χ4v) is 3.48. The lowest BCUT2D eigenvalue weighted by Gasteiger charge is -2.40. The van der Waals surface area contributed by atoms with Crippen LogP contribution in [0.1, 0.15) is 17.8 Å².